The summed E-state index contributed by atoms with van der Waals surface area (Å²) in [5, 5.41) is 0. The van der Waals surface area contributed by atoms with E-state index < -0.39 is 0 Å². The zero-order chi connectivity index (χ0) is 14.1. The van der Waals surface area contributed by atoms with Gasteiger partial charge in [0.15, 0.2) is 0 Å². The molecule has 3 heteroatoms. The summed E-state index contributed by atoms with van der Waals surface area (Å²) in [7, 11) is 0. The third-order valence-electron chi connectivity index (χ3n) is 6.45. The second kappa shape index (κ2) is 5.94. The van der Waals surface area contributed by atoms with Gasteiger partial charge in [-0.1, -0.05) is 19.8 Å². The Kier molecular flexibility index (Phi) is 4.40. The number of ether oxygens (including phenoxy) is 2. The van der Waals surface area contributed by atoms with Crippen molar-refractivity contribution in [2.24, 2.45) is 17.1 Å². The Morgan fingerprint density at radius 2 is 1.80 bits per heavy atom. The molecule has 0 aromatic rings. The highest BCUT2D eigenvalue weighted by molar-refractivity contribution is 4.99. The van der Waals surface area contributed by atoms with Crippen molar-refractivity contribution in [1.29, 1.82) is 0 Å². The van der Waals surface area contributed by atoms with Crippen LogP contribution in [0.4, 0.5) is 0 Å². The molecule has 20 heavy (non-hydrogen) atoms. The summed E-state index contributed by atoms with van der Waals surface area (Å²) in [6, 6.07) is 0.374. The molecule has 3 fully saturated rings. The molecule has 0 amide bonds. The van der Waals surface area contributed by atoms with Gasteiger partial charge in [0.25, 0.3) is 0 Å². The molecule has 3 aliphatic rings. The van der Waals surface area contributed by atoms with Crippen LogP contribution in [-0.2, 0) is 9.47 Å². The molecular weight excluding hydrogens is 250 g/mol. The van der Waals surface area contributed by atoms with E-state index in [4.69, 9.17) is 15.2 Å². The van der Waals surface area contributed by atoms with E-state index in [2.05, 4.69) is 6.92 Å². The summed E-state index contributed by atoms with van der Waals surface area (Å²) in [6.45, 7) is 4.97. The predicted octanol–water partition coefficient (Wildman–Crippen LogP) is 3.26. The monoisotopic (exact) mass is 281 g/mol. The Hall–Kier alpha value is -0.120. The summed E-state index contributed by atoms with van der Waals surface area (Å²) >= 11 is 0. The van der Waals surface area contributed by atoms with Crippen molar-refractivity contribution in [3.63, 3.8) is 0 Å². The number of rotatable bonds is 3. The first-order valence-corrected chi connectivity index (χ1v) is 8.67. The van der Waals surface area contributed by atoms with Crippen molar-refractivity contribution in [3.8, 4) is 0 Å². The maximum Gasteiger partial charge on any atom is 0.0729 e. The van der Waals surface area contributed by atoms with E-state index in [0.717, 1.165) is 39.1 Å². The molecule has 0 aromatic heterocycles. The largest absolute Gasteiger partial charge is 0.381 e. The minimum atomic E-state index is 0.0896. The fourth-order valence-electron chi connectivity index (χ4n) is 4.97. The van der Waals surface area contributed by atoms with Crippen LogP contribution in [0.25, 0.3) is 0 Å². The fraction of sp³-hybridized carbons (Fsp3) is 1.00. The highest BCUT2D eigenvalue weighted by Gasteiger charge is 2.46. The molecule has 116 valence electrons. The van der Waals surface area contributed by atoms with Crippen LogP contribution in [0.2, 0.25) is 0 Å². The van der Waals surface area contributed by atoms with E-state index in [9.17, 15) is 0 Å². The van der Waals surface area contributed by atoms with Crippen LogP contribution in [0, 0.1) is 11.3 Å². The van der Waals surface area contributed by atoms with Gasteiger partial charge in [-0.25, -0.2) is 0 Å². The summed E-state index contributed by atoms with van der Waals surface area (Å²) in [6.07, 6.45) is 11.2. The molecule has 1 aliphatic carbocycles. The van der Waals surface area contributed by atoms with Gasteiger partial charge in [0.1, 0.15) is 0 Å². The summed E-state index contributed by atoms with van der Waals surface area (Å²) in [5.74, 6) is 0.653. The van der Waals surface area contributed by atoms with Crippen LogP contribution >= 0.6 is 0 Å². The highest BCUT2D eigenvalue weighted by Crippen LogP contribution is 2.48. The van der Waals surface area contributed by atoms with E-state index in [0.29, 0.717) is 17.4 Å². The van der Waals surface area contributed by atoms with Crippen LogP contribution in [0.3, 0.4) is 0 Å². The second-order valence-corrected chi connectivity index (χ2v) is 7.35. The molecule has 3 rings (SSSR count). The standard InChI is InChI=1S/C17H31NO2/c1-2-16(6-3-4-7-16)15(18)14-5-10-20-17(13-14)8-11-19-12-9-17/h14-15H,2-13,18H2,1H3. The smallest absolute Gasteiger partial charge is 0.0729 e. The van der Waals surface area contributed by atoms with Crippen LogP contribution < -0.4 is 5.73 Å². The maximum atomic E-state index is 6.80. The van der Waals surface area contributed by atoms with Gasteiger partial charge in [-0.15, -0.1) is 0 Å². The minimum absolute atomic E-state index is 0.0896. The normalized spacial score (nSPS) is 34.2. The molecule has 0 bridgehead atoms. The number of hydrogen-bond donors (Lipinski definition) is 1. The van der Waals surface area contributed by atoms with Gasteiger partial charge in [0.2, 0.25) is 0 Å². The Morgan fingerprint density at radius 1 is 1.10 bits per heavy atom. The van der Waals surface area contributed by atoms with Gasteiger partial charge in [-0.2, -0.15) is 0 Å². The number of nitrogens with two attached hydrogens (primary N) is 1. The molecule has 0 aromatic carbocycles. The second-order valence-electron chi connectivity index (χ2n) is 7.35. The molecule has 2 saturated heterocycles. The lowest BCUT2D eigenvalue weighted by Gasteiger charge is -2.48. The molecule has 2 N–H and O–H groups in total. The van der Waals surface area contributed by atoms with E-state index in [1.165, 1.54) is 38.5 Å². The molecule has 3 nitrogen and oxygen atoms in total. The quantitative estimate of drug-likeness (QED) is 0.863. The third kappa shape index (κ3) is 2.65. The summed E-state index contributed by atoms with van der Waals surface area (Å²) < 4.78 is 11.7. The fourth-order valence-corrected chi connectivity index (χ4v) is 4.97. The van der Waals surface area contributed by atoms with Gasteiger partial charge in [0, 0.05) is 25.9 Å². The van der Waals surface area contributed by atoms with Gasteiger partial charge >= 0.3 is 0 Å². The van der Waals surface area contributed by atoms with E-state index in [1.54, 1.807) is 0 Å². The van der Waals surface area contributed by atoms with Crippen LogP contribution in [0.1, 0.15) is 64.7 Å². The van der Waals surface area contributed by atoms with Crippen molar-refractivity contribution >= 4 is 0 Å². The molecule has 2 heterocycles. The zero-order valence-electron chi connectivity index (χ0n) is 13.0. The van der Waals surface area contributed by atoms with Gasteiger partial charge < -0.3 is 15.2 Å². The average Bonchev–Trinajstić information content (AvgIpc) is 2.97. The summed E-state index contributed by atoms with van der Waals surface area (Å²) in [5.41, 5.74) is 7.32. The third-order valence-corrected chi connectivity index (χ3v) is 6.45. The molecule has 0 radical (unpaired) electrons. The van der Waals surface area contributed by atoms with Crippen LogP contribution in [-0.4, -0.2) is 31.5 Å². The Balaban J connectivity index is 1.69. The lowest BCUT2D eigenvalue weighted by Crippen LogP contribution is -2.52. The SMILES string of the molecule is CCC1(C(N)C2CCOC3(CCOCC3)C2)CCCC1. The van der Waals surface area contributed by atoms with E-state index in [-0.39, 0.29) is 5.60 Å². The first-order chi connectivity index (χ1) is 9.70. The Bertz CT molecular complexity index is 313. The Morgan fingerprint density at radius 3 is 2.45 bits per heavy atom. The lowest BCUT2D eigenvalue weighted by atomic mass is 9.67. The molecule has 2 aliphatic heterocycles. The van der Waals surface area contributed by atoms with Crippen LogP contribution in [0.5, 0.6) is 0 Å². The van der Waals surface area contributed by atoms with Crippen molar-refractivity contribution in [2.75, 3.05) is 19.8 Å². The average molecular weight is 281 g/mol. The van der Waals surface area contributed by atoms with Crippen molar-refractivity contribution in [1.82, 2.24) is 0 Å². The lowest BCUT2D eigenvalue weighted by molar-refractivity contribution is -0.153. The van der Waals surface area contributed by atoms with Gasteiger partial charge in [-0.3, -0.25) is 0 Å². The molecule has 1 saturated carbocycles. The van der Waals surface area contributed by atoms with Gasteiger partial charge in [0.05, 0.1) is 5.60 Å². The molecule has 1 spiro atoms. The predicted molar refractivity (Wildman–Crippen MR) is 80.6 cm³/mol. The first-order valence-electron chi connectivity index (χ1n) is 8.67. The van der Waals surface area contributed by atoms with Crippen LogP contribution in [0.15, 0.2) is 0 Å². The highest BCUT2D eigenvalue weighted by atomic mass is 16.5. The zero-order valence-corrected chi connectivity index (χ0v) is 13.0. The van der Waals surface area contributed by atoms with Crippen molar-refractivity contribution in [3.05, 3.63) is 0 Å². The van der Waals surface area contributed by atoms with E-state index in [1.807, 2.05) is 0 Å². The van der Waals surface area contributed by atoms with Gasteiger partial charge in [-0.05, 0) is 56.3 Å². The Labute approximate surface area is 123 Å². The van der Waals surface area contributed by atoms with Crippen molar-refractivity contribution in [2.45, 2.75) is 76.4 Å². The van der Waals surface area contributed by atoms with E-state index >= 15 is 0 Å². The minimum Gasteiger partial charge on any atom is -0.381 e. The molecule has 2 atom stereocenters. The topological polar surface area (TPSA) is 44.5 Å². The molecular formula is C17H31NO2. The number of hydrogen-bond acceptors (Lipinski definition) is 3. The molecule has 2 unspecified atom stereocenters. The van der Waals surface area contributed by atoms with Crippen molar-refractivity contribution < 1.29 is 9.47 Å². The first kappa shape index (κ1) is 14.8. The summed E-state index contributed by atoms with van der Waals surface area (Å²) in [4.78, 5) is 0. The maximum absolute atomic E-state index is 6.80.